The lowest BCUT2D eigenvalue weighted by Gasteiger charge is -2.09. The van der Waals surface area contributed by atoms with Crippen molar-refractivity contribution in [3.8, 4) is 16.8 Å². The van der Waals surface area contributed by atoms with Crippen molar-refractivity contribution in [2.24, 2.45) is 0 Å². The van der Waals surface area contributed by atoms with E-state index in [1.54, 1.807) is 0 Å². The minimum Gasteiger partial charge on any atom is -0.308 e. The van der Waals surface area contributed by atoms with Gasteiger partial charge in [0.05, 0.1) is 16.6 Å². The number of fused-ring (bicyclic) bond motifs is 3. The molecule has 0 radical (unpaired) electrons. The van der Waals surface area contributed by atoms with E-state index in [0.717, 1.165) is 21.2 Å². The van der Waals surface area contributed by atoms with Crippen LogP contribution in [0.2, 0.25) is 0 Å². The first kappa shape index (κ1) is 15.4. The zero-order valence-corrected chi connectivity index (χ0v) is 15.5. The van der Waals surface area contributed by atoms with E-state index in [1.807, 2.05) is 12.3 Å². The fourth-order valence-corrected chi connectivity index (χ4v) is 3.77. The van der Waals surface area contributed by atoms with E-state index in [1.165, 1.54) is 22.0 Å². The van der Waals surface area contributed by atoms with Crippen molar-refractivity contribution < 1.29 is 0 Å². The highest BCUT2D eigenvalue weighted by Gasteiger charge is 2.12. The van der Waals surface area contributed by atoms with E-state index in [0.29, 0.717) is 0 Å². The van der Waals surface area contributed by atoms with Crippen LogP contribution in [0.25, 0.3) is 38.8 Å². The van der Waals surface area contributed by atoms with Gasteiger partial charge in [0.25, 0.3) is 0 Å². The van der Waals surface area contributed by atoms with Crippen LogP contribution in [0.15, 0.2) is 95.6 Å². The maximum Gasteiger partial charge on any atom is 0.0963 e. The van der Waals surface area contributed by atoms with Crippen LogP contribution in [0.4, 0.5) is 0 Å². The Kier molecular flexibility index (Phi) is 3.61. The van der Waals surface area contributed by atoms with E-state index >= 15 is 0 Å². The van der Waals surface area contributed by atoms with Gasteiger partial charge in [0.1, 0.15) is 0 Å². The fraction of sp³-hybridized carbons (Fsp3) is 0. The number of nitrogens with zero attached hydrogens (tertiary/aromatic N) is 2. The highest BCUT2D eigenvalue weighted by molar-refractivity contribution is 9.10. The molecule has 5 aromatic rings. The third-order valence-electron chi connectivity index (χ3n) is 4.73. The van der Waals surface area contributed by atoms with Crippen LogP contribution in [-0.4, -0.2) is 9.55 Å². The van der Waals surface area contributed by atoms with Crippen molar-refractivity contribution in [3.05, 3.63) is 95.6 Å². The maximum atomic E-state index is 4.60. The van der Waals surface area contributed by atoms with E-state index in [4.69, 9.17) is 0 Å². The summed E-state index contributed by atoms with van der Waals surface area (Å²) in [6.07, 6.45) is 1.86. The highest BCUT2D eigenvalue weighted by atomic mass is 79.9. The molecule has 0 saturated carbocycles. The Balaban J connectivity index is 1.69. The van der Waals surface area contributed by atoms with E-state index in [2.05, 4.69) is 104 Å². The zero-order valence-electron chi connectivity index (χ0n) is 13.9. The lowest BCUT2D eigenvalue weighted by Crippen LogP contribution is -1.93. The summed E-state index contributed by atoms with van der Waals surface area (Å²) in [5, 5.41) is 1.18. The van der Waals surface area contributed by atoms with E-state index in [-0.39, 0.29) is 0 Å². The van der Waals surface area contributed by atoms with Crippen LogP contribution in [0, 0.1) is 0 Å². The third-order valence-corrected chi connectivity index (χ3v) is 5.26. The second kappa shape index (κ2) is 6.11. The summed E-state index contributed by atoms with van der Waals surface area (Å²) in [5.41, 5.74) is 6.91. The average molecular weight is 399 g/mol. The molecule has 0 atom stereocenters. The summed E-state index contributed by atoms with van der Waals surface area (Å²) < 4.78 is 3.37. The summed E-state index contributed by atoms with van der Waals surface area (Å²) in [7, 11) is 0. The van der Waals surface area contributed by atoms with Gasteiger partial charge in [-0.25, -0.2) is 0 Å². The molecule has 3 aromatic carbocycles. The molecular weight excluding hydrogens is 384 g/mol. The molecule has 2 heterocycles. The van der Waals surface area contributed by atoms with Crippen LogP contribution < -0.4 is 0 Å². The monoisotopic (exact) mass is 398 g/mol. The molecule has 5 rings (SSSR count). The topological polar surface area (TPSA) is 17.8 Å². The largest absolute Gasteiger partial charge is 0.308 e. The Morgan fingerprint density at radius 2 is 1.31 bits per heavy atom. The number of benzene rings is 3. The van der Waals surface area contributed by atoms with Gasteiger partial charge in [-0.1, -0.05) is 58.4 Å². The number of halogens is 1. The van der Waals surface area contributed by atoms with Crippen molar-refractivity contribution in [1.82, 2.24) is 9.55 Å². The number of aromatic nitrogens is 2. The molecule has 2 aromatic heterocycles. The molecule has 0 unspecified atom stereocenters. The predicted molar refractivity (Wildman–Crippen MR) is 112 cm³/mol. The molecule has 0 aliphatic carbocycles. The average Bonchev–Trinajstić information content (AvgIpc) is 3.03. The molecule has 0 aliphatic rings. The summed E-state index contributed by atoms with van der Waals surface area (Å²) in [6.45, 7) is 0. The quantitative estimate of drug-likeness (QED) is 0.327. The molecule has 0 N–H and O–H groups in total. The van der Waals surface area contributed by atoms with Gasteiger partial charge in [0, 0.05) is 21.7 Å². The third kappa shape index (κ3) is 2.44. The van der Waals surface area contributed by atoms with Gasteiger partial charge < -0.3 is 4.57 Å². The molecule has 2 nitrogen and oxygen atoms in total. The van der Waals surface area contributed by atoms with Crippen molar-refractivity contribution >= 4 is 37.9 Å². The number of rotatable bonds is 2. The van der Waals surface area contributed by atoms with Gasteiger partial charge in [-0.2, -0.15) is 0 Å². The Labute approximate surface area is 159 Å². The number of hydrogen-bond donors (Lipinski definition) is 0. The first-order chi connectivity index (χ1) is 12.8. The summed E-state index contributed by atoms with van der Waals surface area (Å²) in [4.78, 5) is 4.60. The van der Waals surface area contributed by atoms with E-state index in [9.17, 15) is 0 Å². The summed E-state index contributed by atoms with van der Waals surface area (Å²) in [6, 6.07) is 29.7. The van der Waals surface area contributed by atoms with E-state index < -0.39 is 0 Å². The van der Waals surface area contributed by atoms with Gasteiger partial charge in [-0.15, -0.1) is 0 Å². The molecule has 0 saturated heterocycles. The van der Waals surface area contributed by atoms with Gasteiger partial charge in [0.15, 0.2) is 0 Å². The Morgan fingerprint density at radius 3 is 2.08 bits per heavy atom. The van der Waals surface area contributed by atoms with Gasteiger partial charge in [-0.3, -0.25) is 4.98 Å². The molecule has 26 heavy (non-hydrogen) atoms. The van der Waals surface area contributed by atoms with Gasteiger partial charge in [-0.05, 0) is 53.6 Å². The zero-order chi connectivity index (χ0) is 17.5. The first-order valence-corrected chi connectivity index (χ1v) is 9.31. The number of pyridine rings is 1. The van der Waals surface area contributed by atoms with Crippen molar-refractivity contribution in [3.63, 3.8) is 0 Å². The normalized spacial score (nSPS) is 11.3. The molecule has 0 spiro atoms. The maximum absolute atomic E-state index is 4.60. The van der Waals surface area contributed by atoms with Crippen LogP contribution in [0.1, 0.15) is 0 Å². The first-order valence-electron chi connectivity index (χ1n) is 8.52. The second-order valence-electron chi connectivity index (χ2n) is 6.28. The Bertz CT molecular complexity index is 1170. The SMILES string of the molecule is Brc1ccc(-c2ccc(-n3c4ccccc4c4ncccc43)cc2)cc1. The lowest BCUT2D eigenvalue weighted by atomic mass is 10.1. The smallest absolute Gasteiger partial charge is 0.0963 e. The molecule has 3 heteroatoms. The molecule has 0 aliphatic heterocycles. The minimum absolute atomic E-state index is 1.04. The summed E-state index contributed by atoms with van der Waals surface area (Å²) >= 11 is 3.49. The van der Waals surface area contributed by atoms with Crippen LogP contribution >= 0.6 is 15.9 Å². The van der Waals surface area contributed by atoms with Crippen molar-refractivity contribution in [1.29, 1.82) is 0 Å². The summed E-state index contributed by atoms with van der Waals surface area (Å²) in [5.74, 6) is 0. The number of hydrogen-bond acceptors (Lipinski definition) is 1. The molecule has 0 fully saturated rings. The second-order valence-corrected chi connectivity index (χ2v) is 7.19. The standard InChI is InChI=1S/C23H15BrN2/c24-18-11-7-16(8-12-18)17-9-13-19(14-10-17)26-21-5-2-1-4-20(21)23-22(26)6-3-15-25-23/h1-15H. The van der Waals surface area contributed by atoms with Crippen LogP contribution in [-0.2, 0) is 0 Å². The fourth-order valence-electron chi connectivity index (χ4n) is 3.51. The van der Waals surface area contributed by atoms with Crippen LogP contribution in [0.3, 0.4) is 0 Å². The predicted octanol–water partition coefficient (Wildman–Crippen LogP) is 6.61. The highest BCUT2D eigenvalue weighted by Crippen LogP contribution is 2.31. The Morgan fingerprint density at radius 1 is 0.654 bits per heavy atom. The number of para-hydroxylation sites is 1. The lowest BCUT2D eigenvalue weighted by molar-refractivity contribution is 1.18. The van der Waals surface area contributed by atoms with Crippen LogP contribution in [0.5, 0.6) is 0 Å². The molecular formula is C23H15BrN2. The molecule has 124 valence electrons. The Hall–Kier alpha value is -2.91. The molecule has 0 bridgehead atoms. The van der Waals surface area contributed by atoms with Crippen molar-refractivity contribution in [2.45, 2.75) is 0 Å². The minimum atomic E-state index is 1.04. The van der Waals surface area contributed by atoms with Gasteiger partial charge >= 0.3 is 0 Å². The van der Waals surface area contributed by atoms with Crippen molar-refractivity contribution in [2.75, 3.05) is 0 Å². The van der Waals surface area contributed by atoms with Gasteiger partial charge in [0.2, 0.25) is 0 Å². The molecule has 0 amide bonds.